The van der Waals surface area contributed by atoms with Gasteiger partial charge in [-0.1, -0.05) is 6.92 Å². The summed E-state index contributed by atoms with van der Waals surface area (Å²) in [4.78, 5) is 0. The molecule has 1 heterocycles. The maximum absolute atomic E-state index is 12.2. The van der Waals surface area contributed by atoms with E-state index in [0.29, 0.717) is 17.1 Å². The van der Waals surface area contributed by atoms with Gasteiger partial charge in [0.15, 0.2) is 0 Å². The normalized spacial score (nSPS) is 16.6. The molecule has 0 saturated heterocycles. The summed E-state index contributed by atoms with van der Waals surface area (Å²) >= 11 is 0. The molecule has 0 saturated carbocycles. The molecule has 2 N–H and O–H groups in total. The molecule has 0 aromatic heterocycles. The number of rotatable bonds is 4. The van der Waals surface area contributed by atoms with Crippen LogP contribution in [0.25, 0.3) is 0 Å². The van der Waals surface area contributed by atoms with E-state index in [2.05, 4.69) is 10.1 Å². The van der Waals surface area contributed by atoms with Gasteiger partial charge in [0, 0.05) is 16.9 Å². The summed E-state index contributed by atoms with van der Waals surface area (Å²) in [6, 6.07) is 8.81. The Hall–Kier alpha value is -2.67. The van der Waals surface area contributed by atoms with E-state index in [1.807, 2.05) is 26.8 Å². The van der Waals surface area contributed by atoms with Crippen molar-refractivity contribution < 1.29 is 27.8 Å². The van der Waals surface area contributed by atoms with E-state index in [4.69, 9.17) is 4.74 Å². The molecule has 1 atom stereocenters. The van der Waals surface area contributed by atoms with E-state index in [0.717, 1.165) is 28.9 Å². The van der Waals surface area contributed by atoms with Gasteiger partial charge in [-0.2, -0.15) is 0 Å². The Bertz CT molecular complexity index is 873. The fraction of sp³-hybridized carbons (Fsp3) is 0.300. The molecule has 7 heteroatoms. The SMILES string of the molecule is CCC1=C(C)C(O)c2cc(Oc3ccc(OC(F)(F)F)cc3)c(C)cc2N1. The molecule has 0 radical (unpaired) electrons. The second kappa shape index (κ2) is 7.15. The Kier molecular flexibility index (Phi) is 5.06. The van der Waals surface area contributed by atoms with Crippen molar-refractivity contribution in [3.63, 3.8) is 0 Å². The molecule has 2 aromatic carbocycles. The maximum atomic E-state index is 12.2. The van der Waals surface area contributed by atoms with Crippen LogP contribution in [0.5, 0.6) is 17.2 Å². The molecule has 1 aliphatic rings. The lowest BCUT2D eigenvalue weighted by atomic mass is 9.93. The number of aryl methyl sites for hydroxylation is 1. The molecule has 144 valence electrons. The van der Waals surface area contributed by atoms with Crippen molar-refractivity contribution in [2.24, 2.45) is 0 Å². The molecule has 0 aliphatic carbocycles. The number of alkyl halides is 3. The molecule has 0 bridgehead atoms. The van der Waals surface area contributed by atoms with Crippen molar-refractivity contribution in [3.05, 3.63) is 58.8 Å². The number of nitrogens with one attached hydrogen (secondary N) is 1. The highest BCUT2D eigenvalue weighted by Gasteiger charge is 2.31. The number of fused-ring (bicyclic) bond motifs is 1. The van der Waals surface area contributed by atoms with E-state index in [1.54, 1.807) is 6.07 Å². The summed E-state index contributed by atoms with van der Waals surface area (Å²) in [5.41, 5.74) is 4.20. The first kappa shape index (κ1) is 19.1. The van der Waals surface area contributed by atoms with Gasteiger partial charge in [0.25, 0.3) is 0 Å². The van der Waals surface area contributed by atoms with Crippen molar-refractivity contribution in [1.82, 2.24) is 0 Å². The zero-order chi connectivity index (χ0) is 19.8. The molecule has 4 nitrogen and oxygen atoms in total. The highest BCUT2D eigenvalue weighted by Crippen LogP contribution is 2.41. The van der Waals surface area contributed by atoms with Gasteiger partial charge in [0.1, 0.15) is 23.4 Å². The minimum atomic E-state index is -4.73. The van der Waals surface area contributed by atoms with Gasteiger partial charge in [-0.05, 0) is 67.8 Å². The summed E-state index contributed by atoms with van der Waals surface area (Å²) in [5, 5.41) is 13.9. The average molecular weight is 379 g/mol. The standard InChI is InChI=1S/C20H20F3NO3/c1-4-16-12(3)19(25)15-10-18(11(2)9-17(15)24-16)26-13-5-7-14(8-6-13)27-20(21,22)23/h5-10,19,24-25H,4H2,1-3H3. The molecular weight excluding hydrogens is 359 g/mol. The van der Waals surface area contributed by atoms with Crippen molar-refractivity contribution >= 4 is 5.69 Å². The van der Waals surface area contributed by atoms with Crippen molar-refractivity contribution in [1.29, 1.82) is 0 Å². The first-order valence-corrected chi connectivity index (χ1v) is 8.51. The van der Waals surface area contributed by atoms with Crippen LogP contribution in [-0.4, -0.2) is 11.5 Å². The van der Waals surface area contributed by atoms with Crippen LogP contribution < -0.4 is 14.8 Å². The predicted molar refractivity (Wildman–Crippen MR) is 96.0 cm³/mol. The number of ether oxygens (including phenoxy) is 2. The Morgan fingerprint density at radius 1 is 1.07 bits per heavy atom. The van der Waals surface area contributed by atoms with E-state index in [-0.39, 0.29) is 5.75 Å². The number of benzene rings is 2. The lowest BCUT2D eigenvalue weighted by Gasteiger charge is -2.28. The molecule has 1 aliphatic heterocycles. The Balaban J connectivity index is 1.84. The van der Waals surface area contributed by atoms with Gasteiger partial charge in [-0.3, -0.25) is 0 Å². The third kappa shape index (κ3) is 4.19. The monoisotopic (exact) mass is 379 g/mol. The summed E-state index contributed by atoms with van der Waals surface area (Å²) in [5.74, 6) is 0.573. The molecule has 0 spiro atoms. The predicted octanol–water partition coefficient (Wildman–Crippen LogP) is 5.83. The lowest BCUT2D eigenvalue weighted by Crippen LogP contribution is -2.17. The first-order valence-electron chi connectivity index (χ1n) is 8.51. The number of aliphatic hydroxyl groups is 1. The molecule has 1 unspecified atom stereocenters. The molecule has 3 rings (SSSR count). The van der Waals surface area contributed by atoms with Gasteiger partial charge in [0.05, 0.1) is 0 Å². The van der Waals surface area contributed by atoms with Crippen LogP contribution in [0.3, 0.4) is 0 Å². The van der Waals surface area contributed by atoms with Crippen LogP contribution in [0.2, 0.25) is 0 Å². The maximum Gasteiger partial charge on any atom is 0.573 e. The highest BCUT2D eigenvalue weighted by molar-refractivity contribution is 5.65. The van der Waals surface area contributed by atoms with Gasteiger partial charge in [-0.25, -0.2) is 0 Å². The van der Waals surface area contributed by atoms with Gasteiger partial charge in [-0.15, -0.1) is 13.2 Å². The minimum absolute atomic E-state index is 0.315. The fourth-order valence-electron chi connectivity index (χ4n) is 3.01. The average Bonchev–Trinajstić information content (AvgIpc) is 2.60. The van der Waals surface area contributed by atoms with Crippen LogP contribution in [0.15, 0.2) is 47.7 Å². The molecule has 2 aromatic rings. The second-order valence-corrected chi connectivity index (χ2v) is 6.37. The van der Waals surface area contributed by atoms with Crippen LogP contribution >= 0.6 is 0 Å². The quantitative estimate of drug-likeness (QED) is 0.702. The van der Waals surface area contributed by atoms with Crippen LogP contribution in [0.4, 0.5) is 18.9 Å². The zero-order valence-corrected chi connectivity index (χ0v) is 15.1. The minimum Gasteiger partial charge on any atom is -0.457 e. The Labute approximate surface area is 155 Å². The smallest absolute Gasteiger partial charge is 0.457 e. The lowest BCUT2D eigenvalue weighted by molar-refractivity contribution is -0.274. The molecular formula is C20H20F3NO3. The number of aliphatic hydroxyl groups excluding tert-OH is 1. The van der Waals surface area contributed by atoms with Crippen LogP contribution in [-0.2, 0) is 0 Å². The number of anilines is 1. The Morgan fingerprint density at radius 2 is 1.70 bits per heavy atom. The summed E-state index contributed by atoms with van der Waals surface area (Å²) in [6.07, 6.45) is -4.68. The summed E-state index contributed by atoms with van der Waals surface area (Å²) in [6.45, 7) is 5.75. The largest absolute Gasteiger partial charge is 0.573 e. The third-order valence-corrected chi connectivity index (χ3v) is 4.45. The van der Waals surface area contributed by atoms with Gasteiger partial charge >= 0.3 is 6.36 Å². The van der Waals surface area contributed by atoms with E-state index in [9.17, 15) is 18.3 Å². The van der Waals surface area contributed by atoms with Gasteiger partial charge in [0.2, 0.25) is 0 Å². The van der Waals surface area contributed by atoms with Crippen molar-refractivity contribution in [3.8, 4) is 17.2 Å². The topological polar surface area (TPSA) is 50.7 Å². The summed E-state index contributed by atoms with van der Waals surface area (Å²) < 4.78 is 46.4. The number of hydrogen-bond donors (Lipinski definition) is 2. The fourth-order valence-corrected chi connectivity index (χ4v) is 3.01. The second-order valence-electron chi connectivity index (χ2n) is 6.37. The third-order valence-electron chi connectivity index (χ3n) is 4.45. The molecule has 0 amide bonds. The zero-order valence-electron chi connectivity index (χ0n) is 15.1. The van der Waals surface area contributed by atoms with E-state index in [1.165, 1.54) is 24.3 Å². The van der Waals surface area contributed by atoms with Gasteiger partial charge < -0.3 is 19.9 Å². The highest BCUT2D eigenvalue weighted by atomic mass is 19.4. The summed E-state index contributed by atoms with van der Waals surface area (Å²) in [7, 11) is 0. The number of allylic oxidation sites excluding steroid dienone is 1. The molecule has 0 fully saturated rings. The number of halogens is 3. The van der Waals surface area contributed by atoms with Crippen LogP contribution in [0, 0.1) is 6.92 Å². The Morgan fingerprint density at radius 3 is 2.30 bits per heavy atom. The van der Waals surface area contributed by atoms with E-state index >= 15 is 0 Å². The van der Waals surface area contributed by atoms with Crippen molar-refractivity contribution in [2.75, 3.05) is 5.32 Å². The van der Waals surface area contributed by atoms with E-state index < -0.39 is 12.5 Å². The molecule has 27 heavy (non-hydrogen) atoms. The van der Waals surface area contributed by atoms with Crippen molar-refractivity contribution in [2.45, 2.75) is 39.7 Å². The first-order chi connectivity index (χ1) is 12.7. The number of hydrogen-bond acceptors (Lipinski definition) is 4. The van der Waals surface area contributed by atoms with Crippen LogP contribution in [0.1, 0.15) is 37.5 Å².